The first-order chi connectivity index (χ1) is 13.6. The number of carbonyl (C=O) groups is 1. The molecule has 0 aliphatic heterocycles. The van der Waals surface area contributed by atoms with Crippen LogP contribution in [0.25, 0.3) is 21.3 Å². The number of carbonyl (C=O) groups excluding carboxylic acids is 1. The van der Waals surface area contributed by atoms with Gasteiger partial charge < -0.3 is 0 Å². The van der Waals surface area contributed by atoms with E-state index in [4.69, 9.17) is 0 Å². The number of rotatable bonds is 5. The van der Waals surface area contributed by atoms with Crippen molar-refractivity contribution in [3.05, 3.63) is 51.9 Å². The Bertz CT molecular complexity index is 1030. The Hall–Kier alpha value is -2.47. The minimum absolute atomic E-state index is 0.123. The van der Waals surface area contributed by atoms with Gasteiger partial charge in [0.1, 0.15) is 11.2 Å². The highest BCUT2D eigenvalue weighted by molar-refractivity contribution is 7.19. The fourth-order valence-corrected chi connectivity index (χ4v) is 5.14. The highest BCUT2D eigenvalue weighted by atomic mass is 32.1. The number of nitrogens with one attached hydrogen (secondary N) is 1. The summed E-state index contributed by atoms with van der Waals surface area (Å²) < 4.78 is 1.24. The molecule has 1 amide bonds. The van der Waals surface area contributed by atoms with E-state index in [0.29, 0.717) is 22.6 Å². The average Bonchev–Trinajstić information content (AvgIpc) is 3.07. The van der Waals surface area contributed by atoms with Gasteiger partial charge in [0, 0.05) is 16.9 Å². The van der Waals surface area contributed by atoms with Crippen molar-refractivity contribution in [2.45, 2.75) is 51.9 Å². The highest BCUT2D eigenvalue weighted by Crippen LogP contribution is 2.35. The second kappa shape index (κ2) is 8.27. The third-order valence-corrected chi connectivity index (χ3v) is 6.61. The summed E-state index contributed by atoms with van der Waals surface area (Å²) in [5.41, 5.74) is 4.41. The molecule has 1 aliphatic rings. The largest absolute Gasteiger partial charge is 0.281 e. The maximum atomic E-state index is 13.1. The lowest BCUT2D eigenvalue weighted by Gasteiger charge is -2.21. The summed E-state index contributed by atoms with van der Waals surface area (Å²) in [4.78, 5) is 31.7. The molecule has 1 saturated carbocycles. The van der Waals surface area contributed by atoms with Crippen molar-refractivity contribution in [2.75, 3.05) is 5.43 Å². The van der Waals surface area contributed by atoms with Crippen LogP contribution in [0.1, 0.15) is 49.8 Å². The molecule has 1 aliphatic carbocycles. The zero-order valence-electron chi connectivity index (χ0n) is 16.1. The van der Waals surface area contributed by atoms with Gasteiger partial charge in [-0.15, -0.1) is 11.3 Å². The molecule has 0 spiro atoms. The molecule has 4 rings (SSSR count). The van der Waals surface area contributed by atoms with E-state index < -0.39 is 0 Å². The zero-order valence-corrected chi connectivity index (χ0v) is 16.9. The average molecular weight is 396 g/mol. The molecule has 0 radical (unpaired) electrons. The Morgan fingerprint density at radius 3 is 2.71 bits per heavy atom. The van der Waals surface area contributed by atoms with Crippen molar-refractivity contribution in [3.8, 4) is 11.1 Å². The first-order valence-electron chi connectivity index (χ1n) is 9.99. The van der Waals surface area contributed by atoms with E-state index >= 15 is 0 Å². The monoisotopic (exact) mass is 395 g/mol. The molecule has 6 heteroatoms. The summed E-state index contributed by atoms with van der Waals surface area (Å²) >= 11 is 1.51. The predicted octanol–water partition coefficient (Wildman–Crippen LogP) is 4.86. The van der Waals surface area contributed by atoms with Gasteiger partial charge >= 0.3 is 0 Å². The molecular weight excluding hydrogens is 370 g/mol. The second-order valence-corrected chi connectivity index (χ2v) is 8.78. The summed E-state index contributed by atoms with van der Waals surface area (Å²) in [6.07, 6.45) is 9.05. The van der Waals surface area contributed by atoms with Gasteiger partial charge in [-0.05, 0) is 24.8 Å². The summed E-state index contributed by atoms with van der Waals surface area (Å²) in [7, 11) is 0. The van der Waals surface area contributed by atoms with E-state index in [1.807, 2.05) is 37.3 Å². The molecule has 0 unspecified atom stereocenters. The van der Waals surface area contributed by atoms with Crippen LogP contribution in [-0.2, 0) is 4.79 Å². The van der Waals surface area contributed by atoms with Gasteiger partial charge in [0.15, 0.2) is 0 Å². The Morgan fingerprint density at radius 2 is 1.96 bits per heavy atom. The lowest BCUT2D eigenvalue weighted by Crippen LogP contribution is -2.33. The number of fused-ring (bicyclic) bond motifs is 1. The molecule has 1 N–H and O–H groups in total. The standard InChI is InChI=1S/C22H25N3O2S/c1-15-19(17-10-6-3-7-11-17)20-21(28-15)23-14-25(22(20)27)24-18(26)13-12-16-8-4-2-5-9-16/h3,6-7,10-11,14,16H,2,4-5,8-9,12-13H2,1H3,(H,24,26). The van der Waals surface area contributed by atoms with E-state index in [-0.39, 0.29) is 11.5 Å². The van der Waals surface area contributed by atoms with Gasteiger partial charge in [0.2, 0.25) is 5.91 Å². The first-order valence-corrected chi connectivity index (χ1v) is 10.8. The molecule has 3 aromatic rings. The number of hydrogen-bond acceptors (Lipinski definition) is 4. The van der Waals surface area contributed by atoms with E-state index in [9.17, 15) is 9.59 Å². The van der Waals surface area contributed by atoms with E-state index in [1.165, 1.54) is 54.4 Å². The van der Waals surface area contributed by atoms with Gasteiger partial charge in [-0.25, -0.2) is 9.66 Å². The number of aryl methyl sites for hydroxylation is 1. The molecule has 0 bridgehead atoms. The Kier molecular flexibility index (Phi) is 5.57. The van der Waals surface area contributed by atoms with Crippen LogP contribution in [0, 0.1) is 12.8 Å². The molecule has 2 heterocycles. The topological polar surface area (TPSA) is 64.0 Å². The van der Waals surface area contributed by atoms with Crippen molar-refractivity contribution >= 4 is 27.5 Å². The van der Waals surface area contributed by atoms with Gasteiger partial charge in [-0.1, -0.05) is 62.4 Å². The van der Waals surface area contributed by atoms with Crippen LogP contribution >= 0.6 is 11.3 Å². The third kappa shape index (κ3) is 3.87. The number of thiophene rings is 1. The van der Waals surface area contributed by atoms with Crippen molar-refractivity contribution < 1.29 is 4.79 Å². The Balaban J connectivity index is 1.57. The van der Waals surface area contributed by atoms with Crippen LogP contribution in [-0.4, -0.2) is 15.6 Å². The van der Waals surface area contributed by atoms with Gasteiger partial charge in [-0.3, -0.25) is 15.0 Å². The van der Waals surface area contributed by atoms with Crippen LogP contribution in [0.2, 0.25) is 0 Å². The van der Waals surface area contributed by atoms with Crippen LogP contribution in [0.5, 0.6) is 0 Å². The molecule has 0 atom stereocenters. The third-order valence-electron chi connectivity index (χ3n) is 5.60. The number of amides is 1. The van der Waals surface area contributed by atoms with Crippen LogP contribution in [0.15, 0.2) is 41.5 Å². The number of hydrogen-bond donors (Lipinski definition) is 1. The van der Waals surface area contributed by atoms with Crippen molar-refractivity contribution in [3.63, 3.8) is 0 Å². The fourth-order valence-electron chi connectivity index (χ4n) is 4.14. The molecule has 146 valence electrons. The van der Waals surface area contributed by atoms with Crippen molar-refractivity contribution in [2.24, 2.45) is 5.92 Å². The van der Waals surface area contributed by atoms with Crippen LogP contribution < -0.4 is 11.0 Å². The molecule has 28 heavy (non-hydrogen) atoms. The van der Waals surface area contributed by atoms with Crippen molar-refractivity contribution in [1.29, 1.82) is 0 Å². The van der Waals surface area contributed by atoms with Gasteiger partial charge in [-0.2, -0.15) is 0 Å². The van der Waals surface area contributed by atoms with Crippen molar-refractivity contribution in [1.82, 2.24) is 9.66 Å². The summed E-state index contributed by atoms with van der Waals surface area (Å²) in [5.74, 6) is 0.517. The van der Waals surface area contributed by atoms with E-state index in [1.54, 1.807) is 0 Å². The molecule has 2 aromatic heterocycles. The number of nitrogens with zero attached hydrogens (tertiary/aromatic N) is 2. The van der Waals surface area contributed by atoms with Gasteiger partial charge in [0.25, 0.3) is 5.56 Å². The number of benzene rings is 1. The first kappa shape index (κ1) is 18.9. The van der Waals surface area contributed by atoms with E-state index in [2.05, 4.69) is 10.4 Å². The lowest BCUT2D eigenvalue weighted by atomic mass is 9.86. The SMILES string of the molecule is Cc1sc2ncn(NC(=O)CCC3CCCCC3)c(=O)c2c1-c1ccccc1. The zero-order chi connectivity index (χ0) is 19.5. The maximum Gasteiger partial charge on any atom is 0.281 e. The Labute approximate surface area is 168 Å². The lowest BCUT2D eigenvalue weighted by molar-refractivity contribution is -0.117. The second-order valence-electron chi connectivity index (χ2n) is 7.58. The molecule has 0 saturated heterocycles. The summed E-state index contributed by atoms with van der Waals surface area (Å²) in [6, 6.07) is 9.86. The molecule has 1 fully saturated rings. The van der Waals surface area contributed by atoms with Gasteiger partial charge in [0.05, 0.1) is 5.39 Å². The van der Waals surface area contributed by atoms with Crippen LogP contribution in [0.4, 0.5) is 0 Å². The minimum Gasteiger partial charge on any atom is -0.273 e. The minimum atomic E-state index is -0.223. The number of aromatic nitrogens is 2. The smallest absolute Gasteiger partial charge is 0.273 e. The Morgan fingerprint density at radius 1 is 1.21 bits per heavy atom. The fraction of sp³-hybridized carbons (Fsp3) is 0.409. The molecular formula is C22H25N3O2S. The maximum absolute atomic E-state index is 13.1. The predicted molar refractivity (Wildman–Crippen MR) is 114 cm³/mol. The normalized spacial score (nSPS) is 15.0. The quantitative estimate of drug-likeness (QED) is 0.671. The molecule has 5 nitrogen and oxygen atoms in total. The van der Waals surface area contributed by atoms with Crippen LogP contribution in [0.3, 0.4) is 0 Å². The van der Waals surface area contributed by atoms with E-state index in [0.717, 1.165) is 22.4 Å². The molecule has 1 aromatic carbocycles. The summed E-state index contributed by atoms with van der Waals surface area (Å²) in [6.45, 7) is 2.00. The summed E-state index contributed by atoms with van der Waals surface area (Å²) in [5, 5.41) is 0.573. The highest BCUT2D eigenvalue weighted by Gasteiger charge is 2.18.